The van der Waals surface area contributed by atoms with E-state index in [2.05, 4.69) is 26.1 Å². The lowest BCUT2D eigenvalue weighted by atomic mass is 9.97. The largest absolute Gasteiger partial charge is 0.314 e. The summed E-state index contributed by atoms with van der Waals surface area (Å²) in [5.74, 6) is 1.86. The van der Waals surface area contributed by atoms with E-state index in [1.165, 1.54) is 51.5 Å². The van der Waals surface area contributed by atoms with Crippen LogP contribution >= 0.6 is 0 Å². The molecule has 1 heteroatoms. The molecule has 0 aliphatic heterocycles. The molecule has 0 bridgehead atoms. The minimum absolute atomic E-state index is 0.764. The number of hydrogen-bond acceptors (Lipinski definition) is 1. The Morgan fingerprint density at radius 1 is 1.13 bits per heavy atom. The zero-order chi connectivity index (χ0) is 11.1. The standard InChI is InChI=1S/C14H29N/c1-4-12(3)10-14(5-2)15-11-13-8-6-7-9-13/h12-15H,4-11H2,1-3H3. The highest BCUT2D eigenvalue weighted by molar-refractivity contribution is 4.74. The molecular weight excluding hydrogens is 182 g/mol. The van der Waals surface area contributed by atoms with E-state index in [9.17, 15) is 0 Å². The second kappa shape index (κ2) is 7.27. The summed E-state index contributed by atoms with van der Waals surface area (Å²) in [5.41, 5.74) is 0. The maximum atomic E-state index is 3.78. The van der Waals surface area contributed by atoms with Gasteiger partial charge in [-0.25, -0.2) is 0 Å². The summed E-state index contributed by atoms with van der Waals surface area (Å²) in [6.07, 6.45) is 9.83. The third kappa shape index (κ3) is 5.01. The molecule has 0 spiro atoms. The van der Waals surface area contributed by atoms with Crippen LogP contribution in [0.1, 0.15) is 65.7 Å². The summed E-state index contributed by atoms with van der Waals surface area (Å²) < 4.78 is 0. The quantitative estimate of drug-likeness (QED) is 0.671. The monoisotopic (exact) mass is 211 g/mol. The van der Waals surface area contributed by atoms with Gasteiger partial charge in [0, 0.05) is 6.04 Å². The molecule has 90 valence electrons. The highest BCUT2D eigenvalue weighted by Crippen LogP contribution is 2.24. The maximum absolute atomic E-state index is 3.78. The summed E-state index contributed by atoms with van der Waals surface area (Å²) in [7, 11) is 0. The van der Waals surface area contributed by atoms with Crippen molar-refractivity contribution in [3.63, 3.8) is 0 Å². The van der Waals surface area contributed by atoms with Crippen LogP contribution in [0.3, 0.4) is 0 Å². The van der Waals surface area contributed by atoms with Crippen molar-refractivity contribution in [1.82, 2.24) is 5.32 Å². The second-order valence-electron chi connectivity index (χ2n) is 5.41. The van der Waals surface area contributed by atoms with Crippen LogP contribution in [0.15, 0.2) is 0 Å². The van der Waals surface area contributed by atoms with Gasteiger partial charge in [-0.1, -0.05) is 40.0 Å². The first-order chi connectivity index (χ1) is 7.26. The summed E-state index contributed by atoms with van der Waals surface area (Å²) >= 11 is 0. The molecule has 1 nitrogen and oxygen atoms in total. The van der Waals surface area contributed by atoms with E-state index in [0.717, 1.165) is 17.9 Å². The van der Waals surface area contributed by atoms with E-state index < -0.39 is 0 Å². The fourth-order valence-electron chi connectivity index (χ4n) is 2.59. The topological polar surface area (TPSA) is 12.0 Å². The first-order valence-corrected chi connectivity index (χ1v) is 6.99. The predicted octanol–water partition coefficient (Wildman–Crippen LogP) is 3.98. The molecular formula is C14H29N. The molecule has 2 atom stereocenters. The van der Waals surface area contributed by atoms with Crippen LogP contribution in [0.25, 0.3) is 0 Å². The van der Waals surface area contributed by atoms with Crippen molar-refractivity contribution >= 4 is 0 Å². The first kappa shape index (κ1) is 13.0. The van der Waals surface area contributed by atoms with Crippen molar-refractivity contribution < 1.29 is 0 Å². The highest BCUT2D eigenvalue weighted by atomic mass is 14.9. The van der Waals surface area contributed by atoms with Crippen molar-refractivity contribution in [2.24, 2.45) is 11.8 Å². The van der Waals surface area contributed by atoms with Crippen molar-refractivity contribution in [3.8, 4) is 0 Å². The van der Waals surface area contributed by atoms with Crippen molar-refractivity contribution in [1.29, 1.82) is 0 Å². The van der Waals surface area contributed by atoms with Gasteiger partial charge in [0.05, 0.1) is 0 Å². The third-order valence-electron chi connectivity index (χ3n) is 4.05. The molecule has 0 amide bonds. The molecule has 15 heavy (non-hydrogen) atoms. The van der Waals surface area contributed by atoms with E-state index in [4.69, 9.17) is 0 Å². The van der Waals surface area contributed by atoms with Gasteiger partial charge < -0.3 is 5.32 Å². The van der Waals surface area contributed by atoms with Gasteiger partial charge in [0.25, 0.3) is 0 Å². The first-order valence-electron chi connectivity index (χ1n) is 6.99. The van der Waals surface area contributed by atoms with E-state index in [0.29, 0.717) is 0 Å². The fourth-order valence-corrected chi connectivity index (χ4v) is 2.59. The van der Waals surface area contributed by atoms with Crippen LogP contribution in [0.2, 0.25) is 0 Å². The van der Waals surface area contributed by atoms with Crippen molar-refractivity contribution in [2.45, 2.75) is 71.8 Å². The molecule has 0 aromatic carbocycles. The Morgan fingerprint density at radius 2 is 1.80 bits per heavy atom. The lowest BCUT2D eigenvalue weighted by Crippen LogP contribution is -2.33. The molecule has 1 aliphatic rings. The van der Waals surface area contributed by atoms with Crippen molar-refractivity contribution in [2.75, 3.05) is 6.54 Å². The molecule has 1 saturated carbocycles. The summed E-state index contributed by atoms with van der Waals surface area (Å²) in [5, 5.41) is 3.78. The minimum Gasteiger partial charge on any atom is -0.314 e. The smallest absolute Gasteiger partial charge is 0.00670 e. The molecule has 0 heterocycles. The number of hydrogen-bond donors (Lipinski definition) is 1. The molecule has 1 N–H and O–H groups in total. The minimum atomic E-state index is 0.764. The van der Waals surface area contributed by atoms with Gasteiger partial charge in [-0.15, -0.1) is 0 Å². The van der Waals surface area contributed by atoms with Gasteiger partial charge in [-0.3, -0.25) is 0 Å². The Bertz CT molecular complexity index is 149. The lowest BCUT2D eigenvalue weighted by Gasteiger charge is -2.22. The molecule has 0 saturated heterocycles. The van der Waals surface area contributed by atoms with Gasteiger partial charge >= 0.3 is 0 Å². The van der Waals surface area contributed by atoms with Gasteiger partial charge in [0.1, 0.15) is 0 Å². The molecule has 0 aromatic heterocycles. The Labute approximate surface area is 96.0 Å². The molecule has 0 aromatic rings. The molecule has 2 unspecified atom stereocenters. The van der Waals surface area contributed by atoms with Crippen molar-refractivity contribution in [3.05, 3.63) is 0 Å². The maximum Gasteiger partial charge on any atom is 0.00670 e. The number of nitrogens with one attached hydrogen (secondary N) is 1. The SMILES string of the molecule is CCC(C)CC(CC)NCC1CCCC1. The lowest BCUT2D eigenvalue weighted by molar-refractivity contribution is 0.358. The van der Waals surface area contributed by atoms with Crippen LogP contribution in [-0.4, -0.2) is 12.6 Å². The average Bonchev–Trinajstić information content (AvgIpc) is 2.76. The van der Waals surface area contributed by atoms with Gasteiger partial charge in [0.15, 0.2) is 0 Å². The molecule has 1 aliphatic carbocycles. The summed E-state index contributed by atoms with van der Waals surface area (Å²) in [6, 6.07) is 0.764. The third-order valence-corrected chi connectivity index (χ3v) is 4.05. The van der Waals surface area contributed by atoms with Crippen LogP contribution in [-0.2, 0) is 0 Å². The van der Waals surface area contributed by atoms with Crippen LogP contribution in [0.5, 0.6) is 0 Å². The normalized spacial score (nSPS) is 21.8. The Morgan fingerprint density at radius 3 is 2.33 bits per heavy atom. The number of rotatable bonds is 7. The molecule has 1 rings (SSSR count). The van der Waals surface area contributed by atoms with E-state index in [1.54, 1.807) is 0 Å². The second-order valence-corrected chi connectivity index (χ2v) is 5.41. The van der Waals surface area contributed by atoms with E-state index >= 15 is 0 Å². The molecule has 1 fully saturated rings. The molecule has 0 radical (unpaired) electrons. The predicted molar refractivity (Wildman–Crippen MR) is 68.1 cm³/mol. The Kier molecular flexibility index (Phi) is 6.31. The Balaban J connectivity index is 2.14. The summed E-state index contributed by atoms with van der Waals surface area (Å²) in [6.45, 7) is 8.26. The highest BCUT2D eigenvalue weighted by Gasteiger charge is 2.16. The van der Waals surface area contributed by atoms with Gasteiger partial charge in [-0.2, -0.15) is 0 Å². The van der Waals surface area contributed by atoms with Crippen LogP contribution in [0.4, 0.5) is 0 Å². The Hall–Kier alpha value is -0.0400. The average molecular weight is 211 g/mol. The van der Waals surface area contributed by atoms with E-state index in [1.807, 2.05) is 0 Å². The van der Waals surface area contributed by atoms with Gasteiger partial charge in [-0.05, 0) is 44.1 Å². The zero-order valence-electron chi connectivity index (χ0n) is 10.9. The summed E-state index contributed by atoms with van der Waals surface area (Å²) in [4.78, 5) is 0. The van der Waals surface area contributed by atoms with Crippen LogP contribution < -0.4 is 5.32 Å². The van der Waals surface area contributed by atoms with Gasteiger partial charge in [0.2, 0.25) is 0 Å². The van der Waals surface area contributed by atoms with Crippen LogP contribution in [0, 0.1) is 11.8 Å². The van der Waals surface area contributed by atoms with E-state index in [-0.39, 0.29) is 0 Å². The fraction of sp³-hybridized carbons (Fsp3) is 1.00. The zero-order valence-corrected chi connectivity index (χ0v) is 10.9.